The average molecular weight is 359 g/mol. The molecule has 1 atom stereocenters. The van der Waals surface area contributed by atoms with Gasteiger partial charge in [0, 0.05) is 25.3 Å². The third kappa shape index (κ3) is 3.18. The van der Waals surface area contributed by atoms with Crippen molar-refractivity contribution in [2.45, 2.75) is 25.3 Å². The molecule has 2 aliphatic rings. The van der Waals surface area contributed by atoms with Crippen molar-refractivity contribution in [2.24, 2.45) is 0 Å². The minimum atomic E-state index is -2.93. The van der Waals surface area contributed by atoms with Crippen LogP contribution in [0.1, 0.15) is 18.4 Å². The first kappa shape index (κ1) is 16.3. The summed E-state index contributed by atoms with van der Waals surface area (Å²) in [6.07, 6.45) is 4.33. The molecule has 1 saturated heterocycles. The molecule has 0 spiro atoms. The van der Waals surface area contributed by atoms with E-state index in [1.54, 1.807) is 6.20 Å². The van der Waals surface area contributed by atoms with Gasteiger partial charge in [-0.2, -0.15) is 10.1 Å². The summed E-state index contributed by atoms with van der Waals surface area (Å²) >= 11 is 0. The van der Waals surface area contributed by atoms with Crippen LogP contribution < -0.4 is 9.80 Å². The number of para-hydroxylation sites is 1. The van der Waals surface area contributed by atoms with Crippen LogP contribution in [0, 0.1) is 0 Å². The third-order valence-electron chi connectivity index (χ3n) is 5.00. The predicted molar refractivity (Wildman–Crippen MR) is 97.1 cm³/mol. The van der Waals surface area contributed by atoms with Crippen LogP contribution in [0.15, 0.2) is 30.5 Å². The van der Waals surface area contributed by atoms with Crippen LogP contribution in [-0.4, -0.2) is 54.7 Å². The molecule has 132 valence electrons. The van der Waals surface area contributed by atoms with Crippen LogP contribution in [0.5, 0.6) is 0 Å². The SMILES string of the molecule is CN(c1cnnc(N2CCCc3ccccc32)n1)C1CCS(=O)(=O)C1. The summed E-state index contributed by atoms with van der Waals surface area (Å²) < 4.78 is 23.5. The van der Waals surface area contributed by atoms with Gasteiger partial charge in [-0.3, -0.25) is 0 Å². The van der Waals surface area contributed by atoms with Crippen molar-refractivity contribution >= 4 is 27.3 Å². The second-order valence-corrected chi connectivity index (χ2v) is 8.89. The van der Waals surface area contributed by atoms with Crippen molar-refractivity contribution in [2.75, 3.05) is 34.9 Å². The molecular formula is C17H21N5O2S. The lowest BCUT2D eigenvalue weighted by Gasteiger charge is -2.30. The maximum Gasteiger partial charge on any atom is 0.251 e. The van der Waals surface area contributed by atoms with Crippen LogP contribution in [0.25, 0.3) is 0 Å². The van der Waals surface area contributed by atoms with Gasteiger partial charge in [-0.1, -0.05) is 18.2 Å². The molecule has 0 saturated carbocycles. The second-order valence-electron chi connectivity index (χ2n) is 6.67. The summed E-state index contributed by atoms with van der Waals surface area (Å²) in [6, 6.07) is 8.23. The van der Waals surface area contributed by atoms with Gasteiger partial charge in [0.25, 0.3) is 5.95 Å². The maximum atomic E-state index is 11.7. The molecule has 1 aromatic heterocycles. The molecule has 0 N–H and O–H groups in total. The number of anilines is 3. The Morgan fingerprint density at radius 2 is 2.12 bits per heavy atom. The highest BCUT2D eigenvalue weighted by molar-refractivity contribution is 7.91. The molecule has 0 aliphatic carbocycles. The first-order valence-corrected chi connectivity index (χ1v) is 10.3. The molecule has 3 heterocycles. The number of sulfone groups is 1. The molecule has 25 heavy (non-hydrogen) atoms. The van der Waals surface area contributed by atoms with Crippen LogP contribution in [0.4, 0.5) is 17.5 Å². The van der Waals surface area contributed by atoms with Crippen LogP contribution in [0.3, 0.4) is 0 Å². The van der Waals surface area contributed by atoms with E-state index in [2.05, 4.69) is 32.2 Å². The molecule has 2 aromatic rings. The molecule has 2 aliphatic heterocycles. The molecule has 0 amide bonds. The van der Waals surface area contributed by atoms with E-state index in [-0.39, 0.29) is 17.5 Å². The van der Waals surface area contributed by atoms with E-state index >= 15 is 0 Å². The zero-order chi connectivity index (χ0) is 17.4. The molecule has 0 radical (unpaired) electrons. The Bertz CT molecular complexity index is 886. The summed E-state index contributed by atoms with van der Waals surface area (Å²) in [4.78, 5) is 8.68. The fraction of sp³-hybridized carbons (Fsp3) is 0.471. The Morgan fingerprint density at radius 1 is 1.28 bits per heavy atom. The Morgan fingerprint density at radius 3 is 2.92 bits per heavy atom. The summed E-state index contributed by atoms with van der Waals surface area (Å²) in [5, 5.41) is 8.34. The van der Waals surface area contributed by atoms with Gasteiger partial charge in [0.15, 0.2) is 15.7 Å². The van der Waals surface area contributed by atoms with Gasteiger partial charge in [0.05, 0.1) is 17.7 Å². The topological polar surface area (TPSA) is 79.3 Å². The van der Waals surface area contributed by atoms with E-state index in [4.69, 9.17) is 0 Å². The van der Waals surface area contributed by atoms with E-state index in [9.17, 15) is 8.42 Å². The zero-order valence-corrected chi connectivity index (χ0v) is 15.0. The van der Waals surface area contributed by atoms with Crippen molar-refractivity contribution in [1.82, 2.24) is 15.2 Å². The van der Waals surface area contributed by atoms with Gasteiger partial charge in [0.2, 0.25) is 0 Å². The highest BCUT2D eigenvalue weighted by Crippen LogP contribution is 2.32. The maximum absolute atomic E-state index is 11.7. The molecule has 1 aromatic carbocycles. The summed E-state index contributed by atoms with van der Waals surface area (Å²) in [7, 11) is -1.06. The van der Waals surface area contributed by atoms with Crippen molar-refractivity contribution in [3.63, 3.8) is 0 Å². The van der Waals surface area contributed by atoms with Gasteiger partial charge in [0.1, 0.15) is 0 Å². The summed E-state index contributed by atoms with van der Waals surface area (Å²) in [5.74, 6) is 1.65. The van der Waals surface area contributed by atoms with Crippen LogP contribution >= 0.6 is 0 Å². The first-order chi connectivity index (χ1) is 12.0. The number of hydrogen-bond donors (Lipinski definition) is 0. The van der Waals surface area contributed by atoms with Crippen molar-refractivity contribution in [3.05, 3.63) is 36.0 Å². The highest BCUT2D eigenvalue weighted by Gasteiger charge is 2.32. The number of aryl methyl sites for hydroxylation is 1. The van der Waals surface area contributed by atoms with Gasteiger partial charge in [-0.25, -0.2) is 8.42 Å². The van der Waals surface area contributed by atoms with Gasteiger partial charge in [-0.15, -0.1) is 5.10 Å². The van der Waals surface area contributed by atoms with Gasteiger partial charge < -0.3 is 9.80 Å². The Balaban J connectivity index is 1.63. The minimum Gasteiger partial charge on any atom is -0.354 e. The molecule has 4 rings (SSSR count). The van der Waals surface area contributed by atoms with Gasteiger partial charge >= 0.3 is 0 Å². The molecule has 8 heteroatoms. The predicted octanol–water partition coefficient (Wildman–Crippen LogP) is 1.58. The lowest BCUT2D eigenvalue weighted by atomic mass is 10.0. The van der Waals surface area contributed by atoms with E-state index in [1.165, 1.54) is 5.56 Å². The number of rotatable bonds is 3. The number of nitrogens with zero attached hydrogens (tertiary/aromatic N) is 5. The molecule has 0 bridgehead atoms. The number of benzene rings is 1. The molecule has 7 nitrogen and oxygen atoms in total. The normalized spacial score (nSPS) is 21.8. The van der Waals surface area contributed by atoms with E-state index in [0.717, 1.165) is 25.1 Å². The Hall–Kier alpha value is -2.22. The number of fused-ring (bicyclic) bond motifs is 1. The van der Waals surface area contributed by atoms with Gasteiger partial charge in [-0.05, 0) is 30.9 Å². The lowest BCUT2D eigenvalue weighted by molar-refractivity contribution is 0.600. The largest absolute Gasteiger partial charge is 0.354 e. The standard InChI is InChI=1S/C17H21N5O2S/c1-21(14-8-10-25(23,24)12-14)16-11-18-20-17(19-16)22-9-4-6-13-5-2-3-7-15(13)22/h2-3,5,7,11,14H,4,6,8-10,12H2,1H3. The second kappa shape index (κ2) is 6.25. The van der Waals surface area contributed by atoms with Crippen LogP contribution in [-0.2, 0) is 16.3 Å². The van der Waals surface area contributed by atoms with E-state index in [0.29, 0.717) is 18.2 Å². The minimum absolute atomic E-state index is 0.0526. The summed E-state index contributed by atoms with van der Waals surface area (Å²) in [5.41, 5.74) is 2.41. The van der Waals surface area contributed by atoms with Crippen molar-refractivity contribution in [1.29, 1.82) is 0 Å². The quantitative estimate of drug-likeness (QED) is 0.823. The number of hydrogen-bond acceptors (Lipinski definition) is 7. The lowest BCUT2D eigenvalue weighted by Crippen LogP contribution is -2.34. The Labute approximate surface area is 147 Å². The fourth-order valence-electron chi connectivity index (χ4n) is 3.58. The van der Waals surface area contributed by atoms with Crippen molar-refractivity contribution in [3.8, 4) is 0 Å². The molecular weight excluding hydrogens is 338 g/mol. The van der Waals surface area contributed by atoms with E-state index in [1.807, 2.05) is 24.1 Å². The number of aromatic nitrogens is 3. The Kier molecular flexibility index (Phi) is 4.07. The smallest absolute Gasteiger partial charge is 0.251 e. The third-order valence-corrected chi connectivity index (χ3v) is 6.75. The van der Waals surface area contributed by atoms with E-state index < -0.39 is 9.84 Å². The average Bonchev–Trinajstić information content (AvgIpc) is 3.00. The van der Waals surface area contributed by atoms with Crippen LogP contribution in [0.2, 0.25) is 0 Å². The summed E-state index contributed by atoms with van der Waals surface area (Å²) in [6.45, 7) is 0.851. The monoisotopic (exact) mass is 359 g/mol. The first-order valence-electron chi connectivity index (χ1n) is 8.52. The fourth-order valence-corrected chi connectivity index (χ4v) is 5.35. The van der Waals surface area contributed by atoms with Crippen molar-refractivity contribution < 1.29 is 8.42 Å². The molecule has 1 unspecified atom stereocenters. The highest BCUT2D eigenvalue weighted by atomic mass is 32.2. The molecule has 1 fully saturated rings. The zero-order valence-electron chi connectivity index (χ0n) is 14.2.